The Morgan fingerprint density at radius 1 is 1.29 bits per heavy atom. The molecule has 0 unspecified atom stereocenters. The molecule has 24 heavy (non-hydrogen) atoms. The second kappa shape index (κ2) is 7.12. The molecule has 1 aliphatic heterocycles. The van der Waals surface area contributed by atoms with Crippen molar-refractivity contribution in [2.45, 2.75) is 18.9 Å². The normalized spacial score (nSPS) is 15.1. The average molecular weight is 332 g/mol. The third-order valence-corrected chi connectivity index (χ3v) is 3.87. The maximum atomic E-state index is 13.4. The van der Waals surface area contributed by atoms with E-state index in [2.05, 4.69) is 15.6 Å². The molecule has 0 radical (unpaired) electrons. The molecule has 2 N–H and O–H groups in total. The number of likely N-dealkylation sites (tertiary alicyclic amines) is 1. The molecule has 0 saturated carbocycles. The number of pyridine rings is 1. The van der Waals surface area contributed by atoms with Gasteiger partial charge in [0.25, 0.3) is 5.91 Å². The zero-order valence-electron chi connectivity index (χ0n) is 12.9. The number of urea groups is 1. The molecular weight excluding hydrogens is 315 g/mol. The molecule has 0 aromatic carbocycles. The highest BCUT2D eigenvalue weighted by Gasteiger charge is 2.25. The summed E-state index contributed by atoms with van der Waals surface area (Å²) >= 11 is 0. The maximum Gasteiger partial charge on any atom is 0.319 e. The van der Waals surface area contributed by atoms with E-state index in [-0.39, 0.29) is 17.6 Å². The molecule has 0 atom stereocenters. The van der Waals surface area contributed by atoms with Gasteiger partial charge >= 0.3 is 6.03 Å². The molecule has 1 saturated heterocycles. The average Bonchev–Trinajstić information content (AvgIpc) is 3.11. The summed E-state index contributed by atoms with van der Waals surface area (Å²) < 4.78 is 18.6. The van der Waals surface area contributed by atoms with Crippen LogP contribution in [0.3, 0.4) is 0 Å². The molecule has 0 bridgehead atoms. The zero-order chi connectivity index (χ0) is 16.9. The number of hydrogen-bond donors (Lipinski definition) is 2. The van der Waals surface area contributed by atoms with E-state index in [4.69, 9.17) is 4.42 Å². The lowest BCUT2D eigenvalue weighted by atomic mass is 10.0. The van der Waals surface area contributed by atoms with Crippen molar-refractivity contribution in [1.29, 1.82) is 0 Å². The molecule has 3 amide bonds. The standard InChI is InChI=1S/C16H17FN4O3/c17-12-10-18-6-3-13(12)20-16(23)19-11-4-7-21(8-5-11)15(22)14-2-1-9-24-14/h1-3,6,9-11H,4-5,7-8H2,(H2,18,19,20,23). The third-order valence-electron chi connectivity index (χ3n) is 3.87. The Bertz CT molecular complexity index is 712. The van der Waals surface area contributed by atoms with Gasteiger partial charge in [-0.2, -0.15) is 0 Å². The number of rotatable bonds is 3. The molecule has 2 aromatic heterocycles. The molecule has 1 fully saturated rings. The van der Waals surface area contributed by atoms with Crippen molar-refractivity contribution in [3.8, 4) is 0 Å². The Hall–Kier alpha value is -2.90. The van der Waals surface area contributed by atoms with Gasteiger partial charge < -0.3 is 20.0 Å². The highest BCUT2D eigenvalue weighted by Crippen LogP contribution is 2.15. The number of hydrogen-bond acceptors (Lipinski definition) is 4. The van der Waals surface area contributed by atoms with Crippen LogP contribution in [0.2, 0.25) is 0 Å². The molecule has 8 heteroatoms. The number of carbonyl (C=O) groups is 2. The Labute approximate surface area is 137 Å². The van der Waals surface area contributed by atoms with E-state index in [0.29, 0.717) is 31.7 Å². The van der Waals surface area contributed by atoms with Gasteiger partial charge in [-0.15, -0.1) is 0 Å². The molecule has 2 aromatic rings. The molecule has 0 spiro atoms. The fourth-order valence-corrected chi connectivity index (χ4v) is 2.60. The Morgan fingerprint density at radius 2 is 2.08 bits per heavy atom. The first-order valence-electron chi connectivity index (χ1n) is 7.63. The summed E-state index contributed by atoms with van der Waals surface area (Å²) in [6.45, 7) is 1.04. The highest BCUT2D eigenvalue weighted by molar-refractivity contribution is 5.91. The van der Waals surface area contributed by atoms with Gasteiger partial charge in [-0.1, -0.05) is 0 Å². The van der Waals surface area contributed by atoms with Crippen LogP contribution in [-0.4, -0.2) is 41.0 Å². The molecule has 7 nitrogen and oxygen atoms in total. The number of nitrogens with one attached hydrogen (secondary N) is 2. The van der Waals surface area contributed by atoms with E-state index in [1.807, 2.05) is 0 Å². The van der Waals surface area contributed by atoms with E-state index < -0.39 is 11.8 Å². The number of anilines is 1. The number of piperidine rings is 1. The molecule has 126 valence electrons. The summed E-state index contributed by atoms with van der Waals surface area (Å²) in [5.41, 5.74) is 0.0768. The van der Waals surface area contributed by atoms with Crippen LogP contribution in [0.5, 0.6) is 0 Å². The minimum absolute atomic E-state index is 0.0736. The lowest BCUT2D eigenvalue weighted by Gasteiger charge is -2.31. The first kappa shape index (κ1) is 16.0. The molecule has 3 heterocycles. The van der Waals surface area contributed by atoms with Gasteiger partial charge in [0.1, 0.15) is 0 Å². The van der Waals surface area contributed by atoms with E-state index >= 15 is 0 Å². The highest BCUT2D eigenvalue weighted by atomic mass is 19.1. The summed E-state index contributed by atoms with van der Waals surface area (Å²) in [7, 11) is 0. The summed E-state index contributed by atoms with van der Waals surface area (Å²) in [5, 5.41) is 5.24. The van der Waals surface area contributed by atoms with Crippen LogP contribution in [0.15, 0.2) is 41.3 Å². The van der Waals surface area contributed by atoms with Crippen LogP contribution >= 0.6 is 0 Å². The summed E-state index contributed by atoms with van der Waals surface area (Å²) in [4.78, 5) is 29.4. The number of nitrogens with zero attached hydrogens (tertiary/aromatic N) is 2. The van der Waals surface area contributed by atoms with Crippen molar-refractivity contribution in [3.05, 3.63) is 48.4 Å². The third kappa shape index (κ3) is 3.70. The van der Waals surface area contributed by atoms with Crippen LogP contribution in [-0.2, 0) is 0 Å². The summed E-state index contributed by atoms with van der Waals surface area (Å²) in [6, 6.07) is 4.14. The fraction of sp³-hybridized carbons (Fsp3) is 0.312. The maximum absolute atomic E-state index is 13.4. The van der Waals surface area contributed by atoms with Gasteiger partial charge in [0.2, 0.25) is 0 Å². The first-order chi connectivity index (χ1) is 11.6. The number of amides is 3. The fourth-order valence-electron chi connectivity index (χ4n) is 2.60. The first-order valence-corrected chi connectivity index (χ1v) is 7.63. The molecule has 3 rings (SSSR count). The van der Waals surface area contributed by atoms with Gasteiger partial charge in [0.15, 0.2) is 11.6 Å². The van der Waals surface area contributed by atoms with Crippen LogP contribution in [0.25, 0.3) is 0 Å². The SMILES string of the molecule is O=C(Nc1ccncc1F)NC1CCN(C(=O)c2ccco2)CC1. The van der Waals surface area contributed by atoms with Crippen LogP contribution in [0.1, 0.15) is 23.4 Å². The monoisotopic (exact) mass is 332 g/mol. The number of furan rings is 1. The van der Waals surface area contributed by atoms with Crippen molar-refractivity contribution in [2.24, 2.45) is 0 Å². The largest absolute Gasteiger partial charge is 0.459 e. The van der Waals surface area contributed by atoms with Gasteiger partial charge in [-0.3, -0.25) is 9.78 Å². The van der Waals surface area contributed by atoms with E-state index in [0.717, 1.165) is 6.20 Å². The van der Waals surface area contributed by atoms with Crippen molar-refractivity contribution in [2.75, 3.05) is 18.4 Å². The Kier molecular flexibility index (Phi) is 4.74. The number of aromatic nitrogens is 1. The minimum atomic E-state index is -0.591. The second-order valence-electron chi connectivity index (χ2n) is 5.50. The lowest BCUT2D eigenvalue weighted by molar-refractivity contribution is 0.0676. The van der Waals surface area contributed by atoms with E-state index in [9.17, 15) is 14.0 Å². The van der Waals surface area contributed by atoms with E-state index in [1.165, 1.54) is 18.5 Å². The predicted octanol–water partition coefficient (Wildman–Crippen LogP) is 2.24. The van der Waals surface area contributed by atoms with Crippen LogP contribution < -0.4 is 10.6 Å². The molecule has 0 aliphatic carbocycles. The Morgan fingerprint density at radius 3 is 2.75 bits per heavy atom. The summed E-state index contributed by atoms with van der Waals surface area (Å²) in [5.74, 6) is -0.430. The topological polar surface area (TPSA) is 87.5 Å². The number of carbonyl (C=O) groups excluding carboxylic acids is 2. The Balaban J connectivity index is 1.48. The van der Waals surface area contributed by atoms with Gasteiger partial charge in [0, 0.05) is 25.3 Å². The van der Waals surface area contributed by atoms with Gasteiger partial charge in [0.05, 0.1) is 18.1 Å². The van der Waals surface area contributed by atoms with Crippen LogP contribution in [0.4, 0.5) is 14.9 Å². The summed E-state index contributed by atoms with van der Waals surface area (Å²) in [6.07, 6.45) is 5.15. The van der Waals surface area contributed by atoms with E-state index in [1.54, 1.807) is 17.0 Å². The predicted molar refractivity (Wildman–Crippen MR) is 84.0 cm³/mol. The quantitative estimate of drug-likeness (QED) is 0.902. The van der Waals surface area contributed by atoms with Crippen LogP contribution in [0, 0.1) is 5.82 Å². The lowest BCUT2D eigenvalue weighted by Crippen LogP contribution is -2.47. The minimum Gasteiger partial charge on any atom is -0.459 e. The van der Waals surface area contributed by atoms with Crippen molar-refractivity contribution >= 4 is 17.6 Å². The van der Waals surface area contributed by atoms with Crippen molar-refractivity contribution in [3.63, 3.8) is 0 Å². The second-order valence-corrected chi connectivity index (χ2v) is 5.50. The van der Waals surface area contributed by atoms with Gasteiger partial charge in [-0.05, 0) is 31.0 Å². The zero-order valence-corrected chi connectivity index (χ0v) is 12.9. The molecule has 1 aliphatic rings. The van der Waals surface area contributed by atoms with Gasteiger partial charge in [-0.25, -0.2) is 9.18 Å². The van der Waals surface area contributed by atoms with Crippen molar-refractivity contribution in [1.82, 2.24) is 15.2 Å². The van der Waals surface area contributed by atoms with Crippen molar-refractivity contribution < 1.29 is 18.4 Å². The molecular formula is C16H17FN4O3. The smallest absolute Gasteiger partial charge is 0.319 e. The number of halogens is 1.